The standard InChI is InChI=1S/C11H22O3S/c1-8(2)10-6-5-9(3)7-11(10)14-15(4,12)13/h8-11H,5-7H2,1-4H3/t9?,10-,11+/m0/s1. The molecule has 4 heteroatoms. The molecule has 1 unspecified atom stereocenters. The van der Waals surface area contributed by atoms with Crippen LogP contribution in [0.1, 0.15) is 40.0 Å². The number of hydrogen-bond acceptors (Lipinski definition) is 3. The first kappa shape index (κ1) is 13.0. The van der Waals surface area contributed by atoms with Gasteiger partial charge in [0.1, 0.15) is 0 Å². The van der Waals surface area contributed by atoms with Crippen molar-refractivity contribution in [1.29, 1.82) is 0 Å². The van der Waals surface area contributed by atoms with Crippen LogP contribution in [0.25, 0.3) is 0 Å². The van der Waals surface area contributed by atoms with E-state index in [1.165, 1.54) is 6.42 Å². The van der Waals surface area contributed by atoms with Crippen LogP contribution >= 0.6 is 0 Å². The molecule has 0 aromatic rings. The Kier molecular flexibility index (Phi) is 4.18. The van der Waals surface area contributed by atoms with Crippen molar-refractivity contribution >= 4 is 10.1 Å². The Morgan fingerprint density at radius 3 is 2.33 bits per heavy atom. The molecule has 0 heterocycles. The molecule has 1 aliphatic rings. The molecule has 0 N–H and O–H groups in total. The predicted octanol–water partition coefficient (Wildman–Crippen LogP) is 2.42. The lowest BCUT2D eigenvalue weighted by Gasteiger charge is -2.36. The maximum Gasteiger partial charge on any atom is 0.264 e. The first-order valence-corrected chi connectivity index (χ1v) is 7.49. The highest BCUT2D eigenvalue weighted by atomic mass is 32.2. The van der Waals surface area contributed by atoms with Gasteiger partial charge in [0.15, 0.2) is 0 Å². The largest absolute Gasteiger partial charge is 0.267 e. The summed E-state index contributed by atoms with van der Waals surface area (Å²) in [5.74, 6) is 1.45. The average molecular weight is 234 g/mol. The molecule has 0 aromatic carbocycles. The SMILES string of the molecule is CC1CC[C@@H](C(C)C)[C@H](OS(C)(=O)=O)C1. The van der Waals surface area contributed by atoms with Crippen LogP contribution in [0.5, 0.6) is 0 Å². The zero-order valence-corrected chi connectivity index (χ0v) is 10.9. The van der Waals surface area contributed by atoms with Gasteiger partial charge < -0.3 is 0 Å². The minimum atomic E-state index is -3.31. The van der Waals surface area contributed by atoms with Gasteiger partial charge >= 0.3 is 0 Å². The fraction of sp³-hybridized carbons (Fsp3) is 1.00. The van der Waals surface area contributed by atoms with Crippen molar-refractivity contribution in [3.8, 4) is 0 Å². The lowest BCUT2D eigenvalue weighted by Crippen LogP contribution is -2.35. The molecule has 1 aliphatic carbocycles. The molecule has 0 saturated heterocycles. The molecule has 0 amide bonds. The summed E-state index contributed by atoms with van der Waals surface area (Å²) in [4.78, 5) is 0. The first-order chi connectivity index (χ1) is 6.79. The third kappa shape index (κ3) is 4.11. The molecule has 1 saturated carbocycles. The van der Waals surface area contributed by atoms with E-state index in [1.54, 1.807) is 0 Å². The Balaban J connectivity index is 2.70. The lowest BCUT2D eigenvalue weighted by atomic mass is 9.75. The van der Waals surface area contributed by atoms with Crippen molar-refractivity contribution in [2.75, 3.05) is 6.26 Å². The van der Waals surface area contributed by atoms with E-state index in [0.717, 1.165) is 19.1 Å². The van der Waals surface area contributed by atoms with Crippen molar-refractivity contribution in [2.45, 2.75) is 46.1 Å². The Morgan fingerprint density at radius 2 is 1.87 bits per heavy atom. The van der Waals surface area contributed by atoms with Crippen LogP contribution < -0.4 is 0 Å². The van der Waals surface area contributed by atoms with Crippen molar-refractivity contribution in [3.63, 3.8) is 0 Å². The van der Waals surface area contributed by atoms with Gasteiger partial charge in [-0.1, -0.05) is 27.2 Å². The second kappa shape index (κ2) is 4.83. The van der Waals surface area contributed by atoms with Crippen LogP contribution in [0, 0.1) is 17.8 Å². The van der Waals surface area contributed by atoms with Crippen molar-refractivity contribution in [2.24, 2.45) is 17.8 Å². The molecule has 1 rings (SSSR count). The Bertz CT molecular complexity index is 295. The second-order valence-electron chi connectivity index (χ2n) is 5.16. The maximum atomic E-state index is 11.2. The van der Waals surface area contributed by atoms with E-state index in [1.807, 2.05) is 0 Å². The molecule has 0 spiro atoms. The molecule has 0 bridgehead atoms. The Morgan fingerprint density at radius 1 is 1.27 bits per heavy atom. The summed E-state index contributed by atoms with van der Waals surface area (Å²) >= 11 is 0. The van der Waals surface area contributed by atoms with Gasteiger partial charge in [0.25, 0.3) is 10.1 Å². The van der Waals surface area contributed by atoms with Gasteiger partial charge in [-0.2, -0.15) is 8.42 Å². The van der Waals surface area contributed by atoms with E-state index >= 15 is 0 Å². The topological polar surface area (TPSA) is 43.4 Å². The maximum absolute atomic E-state index is 11.2. The van der Waals surface area contributed by atoms with Crippen LogP contribution in [-0.4, -0.2) is 20.8 Å². The molecule has 3 nitrogen and oxygen atoms in total. The van der Waals surface area contributed by atoms with Crippen LogP contribution in [0.15, 0.2) is 0 Å². The minimum Gasteiger partial charge on any atom is -0.267 e. The van der Waals surface area contributed by atoms with Crippen molar-refractivity contribution < 1.29 is 12.6 Å². The summed E-state index contributed by atoms with van der Waals surface area (Å²) in [5, 5.41) is 0. The van der Waals surface area contributed by atoms with Gasteiger partial charge in [-0.25, -0.2) is 0 Å². The van der Waals surface area contributed by atoms with Crippen molar-refractivity contribution in [3.05, 3.63) is 0 Å². The van der Waals surface area contributed by atoms with E-state index in [9.17, 15) is 8.42 Å². The molecular formula is C11H22O3S. The molecule has 0 aromatic heterocycles. The summed E-state index contributed by atoms with van der Waals surface area (Å²) in [6.45, 7) is 6.44. The van der Waals surface area contributed by atoms with Crippen LogP contribution in [0.2, 0.25) is 0 Å². The van der Waals surface area contributed by atoms with E-state index < -0.39 is 10.1 Å². The van der Waals surface area contributed by atoms with Gasteiger partial charge in [0.2, 0.25) is 0 Å². The second-order valence-corrected chi connectivity index (χ2v) is 6.77. The average Bonchev–Trinajstić information content (AvgIpc) is 1.99. The summed E-state index contributed by atoms with van der Waals surface area (Å²) in [5.41, 5.74) is 0. The third-order valence-corrected chi connectivity index (χ3v) is 3.86. The van der Waals surface area contributed by atoms with Crippen LogP contribution in [-0.2, 0) is 14.3 Å². The van der Waals surface area contributed by atoms with Crippen LogP contribution in [0.3, 0.4) is 0 Å². The first-order valence-electron chi connectivity index (χ1n) is 5.68. The summed E-state index contributed by atoms with van der Waals surface area (Å²) < 4.78 is 27.5. The molecule has 15 heavy (non-hydrogen) atoms. The minimum absolute atomic E-state index is 0.108. The monoisotopic (exact) mass is 234 g/mol. The summed E-state index contributed by atoms with van der Waals surface area (Å²) in [7, 11) is -3.31. The van der Waals surface area contributed by atoms with Gasteiger partial charge in [-0.05, 0) is 30.6 Å². The van der Waals surface area contributed by atoms with Crippen molar-refractivity contribution in [1.82, 2.24) is 0 Å². The summed E-state index contributed by atoms with van der Waals surface area (Å²) in [6, 6.07) is 0. The number of hydrogen-bond donors (Lipinski definition) is 0. The predicted molar refractivity (Wildman–Crippen MR) is 61.1 cm³/mol. The third-order valence-electron chi connectivity index (χ3n) is 3.26. The van der Waals surface area contributed by atoms with E-state index in [-0.39, 0.29) is 6.10 Å². The van der Waals surface area contributed by atoms with Gasteiger partial charge in [-0.3, -0.25) is 4.18 Å². The molecular weight excluding hydrogens is 212 g/mol. The molecule has 0 aliphatic heterocycles. The van der Waals surface area contributed by atoms with E-state index in [4.69, 9.17) is 4.18 Å². The van der Waals surface area contributed by atoms with E-state index in [2.05, 4.69) is 20.8 Å². The smallest absolute Gasteiger partial charge is 0.264 e. The highest BCUT2D eigenvalue weighted by Gasteiger charge is 2.33. The molecule has 3 atom stereocenters. The molecule has 0 radical (unpaired) electrons. The summed E-state index contributed by atoms with van der Waals surface area (Å²) in [6.07, 6.45) is 4.18. The fourth-order valence-corrected chi connectivity index (χ4v) is 3.12. The fourth-order valence-electron chi connectivity index (χ4n) is 2.45. The number of rotatable bonds is 3. The normalized spacial score (nSPS) is 33.3. The van der Waals surface area contributed by atoms with E-state index in [0.29, 0.717) is 17.8 Å². The zero-order chi connectivity index (χ0) is 11.6. The highest BCUT2D eigenvalue weighted by Crippen LogP contribution is 2.35. The van der Waals surface area contributed by atoms with Gasteiger partial charge in [0.05, 0.1) is 12.4 Å². The quantitative estimate of drug-likeness (QED) is 0.704. The Labute approximate surface area is 93.3 Å². The van der Waals surface area contributed by atoms with Crippen LogP contribution in [0.4, 0.5) is 0 Å². The zero-order valence-electron chi connectivity index (χ0n) is 10.1. The molecule has 1 fully saturated rings. The Hall–Kier alpha value is -0.0900. The molecule has 90 valence electrons. The van der Waals surface area contributed by atoms with Gasteiger partial charge in [-0.15, -0.1) is 0 Å². The van der Waals surface area contributed by atoms with Gasteiger partial charge in [0, 0.05) is 0 Å². The lowest BCUT2D eigenvalue weighted by molar-refractivity contribution is 0.0519. The highest BCUT2D eigenvalue weighted by molar-refractivity contribution is 7.86.